The zero-order valence-electron chi connectivity index (χ0n) is 12.9. The molecule has 0 aliphatic heterocycles. The Morgan fingerprint density at radius 1 is 1.09 bits per heavy atom. The first-order chi connectivity index (χ1) is 11.1. The van der Waals surface area contributed by atoms with E-state index >= 15 is 0 Å². The zero-order valence-corrected chi connectivity index (χ0v) is 12.9. The van der Waals surface area contributed by atoms with Gasteiger partial charge in [-0.1, -0.05) is 29.8 Å². The topological polar surface area (TPSA) is 58.7 Å². The molecule has 0 aliphatic carbocycles. The molecule has 4 heteroatoms. The summed E-state index contributed by atoms with van der Waals surface area (Å²) in [4.78, 5) is 11.7. The first kappa shape index (κ1) is 14.7. The molecule has 0 spiro atoms. The zero-order chi connectivity index (χ0) is 16.4. The Morgan fingerprint density at radius 3 is 2.30 bits per heavy atom. The van der Waals surface area contributed by atoms with Crippen molar-refractivity contribution in [1.29, 1.82) is 5.26 Å². The molecule has 0 unspecified atom stereocenters. The van der Waals surface area contributed by atoms with Crippen molar-refractivity contribution in [2.75, 3.05) is 0 Å². The van der Waals surface area contributed by atoms with Gasteiger partial charge in [-0.3, -0.25) is 4.79 Å². The lowest BCUT2D eigenvalue weighted by atomic mass is 10.1. The van der Waals surface area contributed by atoms with E-state index < -0.39 is 0 Å². The van der Waals surface area contributed by atoms with Crippen LogP contribution in [0.3, 0.4) is 0 Å². The van der Waals surface area contributed by atoms with Crippen molar-refractivity contribution in [3.63, 3.8) is 0 Å². The van der Waals surface area contributed by atoms with Crippen LogP contribution >= 0.6 is 0 Å². The van der Waals surface area contributed by atoms with E-state index in [1.807, 2.05) is 43.3 Å². The van der Waals surface area contributed by atoms with Crippen molar-refractivity contribution in [1.82, 2.24) is 9.78 Å². The number of carbonyl (C=O) groups is 1. The summed E-state index contributed by atoms with van der Waals surface area (Å²) >= 11 is 0. The van der Waals surface area contributed by atoms with Gasteiger partial charge >= 0.3 is 0 Å². The van der Waals surface area contributed by atoms with E-state index in [-0.39, 0.29) is 5.78 Å². The van der Waals surface area contributed by atoms with Crippen LogP contribution in [0.5, 0.6) is 0 Å². The lowest BCUT2D eigenvalue weighted by molar-refractivity contribution is 0.101. The van der Waals surface area contributed by atoms with Gasteiger partial charge in [0.15, 0.2) is 5.78 Å². The fourth-order valence-electron chi connectivity index (χ4n) is 2.36. The predicted octanol–water partition coefficient (Wildman–Crippen LogP) is 3.92. The van der Waals surface area contributed by atoms with Crippen molar-refractivity contribution < 1.29 is 4.79 Å². The van der Waals surface area contributed by atoms with Crippen molar-refractivity contribution in [3.05, 3.63) is 71.4 Å². The second-order valence-corrected chi connectivity index (χ2v) is 5.41. The number of carbonyl (C=O) groups excluding carboxylic acids is 1. The Labute approximate surface area is 134 Å². The van der Waals surface area contributed by atoms with Crippen LogP contribution in [-0.2, 0) is 0 Å². The van der Waals surface area contributed by atoms with Gasteiger partial charge in [-0.15, -0.1) is 0 Å². The highest BCUT2D eigenvalue weighted by atomic mass is 16.1. The molecule has 0 saturated heterocycles. The molecule has 1 heterocycles. The molecule has 1 aromatic heterocycles. The number of ketones is 1. The minimum Gasteiger partial charge on any atom is -0.293 e. The van der Waals surface area contributed by atoms with Gasteiger partial charge in [0.05, 0.1) is 23.0 Å². The summed E-state index contributed by atoms with van der Waals surface area (Å²) in [7, 11) is 0. The van der Waals surface area contributed by atoms with Crippen molar-refractivity contribution in [2.24, 2.45) is 0 Å². The van der Waals surface area contributed by atoms with E-state index in [9.17, 15) is 4.79 Å². The molecule has 0 bridgehead atoms. The van der Waals surface area contributed by atoms with Crippen molar-refractivity contribution in [3.8, 4) is 23.0 Å². The van der Waals surface area contributed by atoms with Gasteiger partial charge in [0.25, 0.3) is 0 Å². The van der Waals surface area contributed by atoms with Crippen LogP contribution in [0.2, 0.25) is 0 Å². The standard InChI is InChI=1S/C19H15N3O/c1-13-3-9-17(10-4-13)22-19(11-18(21-22)14(2)23)16-7-5-15(12-20)6-8-16/h3-11H,1-2H3. The van der Waals surface area contributed by atoms with Crippen LogP contribution in [-0.4, -0.2) is 15.6 Å². The quantitative estimate of drug-likeness (QED) is 0.689. The number of nitrogens with zero attached hydrogens (tertiary/aromatic N) is 3. The SMILES string of the molecule is CC(=O)c1cc(-c2ccc(C#N)cc2)n(-c2ccc(C)cc2)n1. The van der Waals surface area contributed by atoms with E-state index in [1.54, 1.807) is 22.9 Å². The number of rotatable bonds is 3. The van der Waals surface area contributed by atoms with Gasteiger partial charge in [-0.05, 0) is 37.3 Å². The van der Waals surface area contributed by atoms with Crippen LogP contribution in [0.25, 0.3) is 16.9 Å². The van der Waals surface area contributed by atoms with Crippen molar-refractivity contribution >= 4 is 5.78 Å². The Bertz CT molecular complexity index is 897. The fraction of sp³-hybridized carbons (Fsp3) is 0.105. The molecule has 0 fully saturated rings. The van der Waals surface area contributed by atoms with E-state index in [0.29, 0.717) is 11.3 Å². The van der Waals surface area contributed by atoms with E-state index in [1.165, 1.54) is 6.92 Å². The van der Waals surface area contributed by atoms with Crippen LogP contribution in [0.4, 0.5) is 0 Å². The minimum absolute atomic E-state index is 0.0780. The van der Waals surface area contributed by atoms with Crippen LogP contribution in [0.1, 0.15) is 28.5 Å². The second kappa shape index (κ2) is 5.90. The molecule has 0 N–H and O–H groups in total. The highest BCUT2D eigenvalue weighted by Crippen LogP contribution is 2.25. The first-order valence-corrected chi connectivity index (χ1v) is 7.27. The molecule has 3 aromatic rings. The average molecular weight is 301 g/mol. The Hall–Kier alpha value is -3.19. The van der Waals surface area contributed by atoms with Gasteiger partial charge in [0.1, 0.15) is 5.69 Å². The number of aromatic nitrogens is 2. The van der Waals surface area contributed by atoms with Gasteiger partial charge in [0, 0.05) is 12.5 Å². The van der Waals surface area contributed by atoms with E-state index in [0.717, 1.165) is 22.5 Å². The maximum atomic E-state index is 11.7. The van der Waals surface area contributed by atoms with Gasteiger partial charge < -0.3 is 0 Å². The lowest BCUT2D eigenvalue weighted by Gasteiger charge is -2.08. The molecule has 3 rings (SSSR count). The van der Waals surface area contributed by atoms with Gasteiger partial charge in [0.2, 0.25) is 0 Å². The summed E-state index contributed by atoms with van der Waals surface area (Å²) in [5, 5.41) is 13.4. The van der Waals surface area contributed by atoms with E-state index in [4.69, 9.17) is 5.26 Å². The van der Waals surface area contributed by atoms with Crippen LogP contribution in [0.15, 0.2) is 54.6 Å². The van der Waals surface area contributed by atoms with Crippen molar-refractivity contribution in [2.45, 2.75) is 13.8 Å². The second-order valence-electron chi connectivity index (χ2n) is 5.41. The molecule has 0 amide bonds. The molecule has 2 aromatic carbocycles. The monoisotopic (exact) mass is 301 g/mol. The summed E-state index contributed by atoms with van der Waals surface area (Å²) in [6.45, 7) is 3.53. The Kier molecular flexibility index (Phi) is 3.78. The number of aryl methyl sites for hydroxylation is 1. The molecule has 4 nitrogen and oxygen atoms in total. The highest BCUT2D eigenvalue weighted by molar-refractivity contribution is 5.93. The number of nitriles is 1. The summed E-state index contributed by atoms with van der Waals surface area (Å²) in [5.41, 5.74) is 4.80. The summed E-state index contributed by atoms with van der Waals surface area (Å²) in [5.74, 6) is -0.0780. The number of benzene rings is 2. The molecule has 23 heavy (non-hydrogen) atoms. The largest absolute Gasteiger partial charge is 0.293 e. The summed E-state index contributed by atoms with van der Waals surface area (Å²) in [6.07, 6.45) is 0. The maximum absolute atomic E-state index is 11.7. The third-order valence-electron chi connectivity index (χ3n) is 3.66. The third kappa shape index (κ3) is 2.90. The molecule has 0 atom stereocenters. The third-order valence-corrected chi connectivity index (χ3v) is 3.66. The number of Topliss-reactive ketones (excluding diaryl/α,β-unsaturated/α-hetero) is 1. The van der Waals surface area contributed by atoms with Crippen LogP contribution < -0.4 is 0 Å². The maximum Gasteiger partial charge on any atom is 0.180 e. The van der Waals surface area contributed by atoms with Gasteiger partial charge in [-0.25, -0.2) is 4.68 Å². The average Bonchev–Trinajstić information content (AvgIpc) is 3.01. The predicted molar refractivity (Wildman–Crippen MR) is 88.5 cm³/mol. The number of hydrogen-bond acceptors (Lipinski definition) is 3. The fourth-order valence-corrected chi connectivity index (χ4v) is 2.36. The summed E-state index contributed by atoms with van der Waals surface area (Å²) in [6, 6.07) is 19.1. The van der Waals surface area contributed by atoms with E-state index in [2.05, 4.69) is 11.2 Å². The Morgan fingerprint density at radius 2 is 1.74 bits per heavy atom. The Balaban J connectivity index is 2.16. The molecular formula is C19H15N3O. The van der Waals surface area contributed by atoms with Crippen LogP contribution in [0, 0.1) is 18.3 Å². The summed E-state index contributed by atoms with van der Waals surface area (Å²) < 4.78 is 1.76. The molecule has 0 saturated carbocycles. The highest BCUT2D eigenvalue weighted by Gasteiger charge is 2.14. The normalized spacial score (nSPS) is 10.3. The van der Waals surface area contributed by atoms with Gasteiger partial charge in [-0.2, -0.15) is 10.4 Å². The molecule has 0 aliphatic rings. The minimum atomic E-state index is -0.0780. The lowest BCUT2D eigenvalue weighted by Crippen LogP contribution is -2.01. The molecule has 112 valence electrons. The smallest absolute Gasteiger partial charge is 0.180 e. The molecular weight excluding hydrogens is 286 g/mol. The number of hydrogen-bond donors (Lipinski definition) is 0. The first-order valence-electron chi connectivity index (χ1n) is 7.27. The molecule has 0 radical (unpaired) electrons.